The molecule has 1 unspecified atom stereocenters. The number of anilines is 1. The minimum absolute atomic E-state index is 0.189. The van der Waals surface area contributed by atoms with Crippen molar-refractivity contribution in [1.29, 1.82) is 5.26 Å². The number of sulfonamides is 1. The van der Waals surface area contributed by atoms with Gasteiger partial charge in [0.2, 0.25) is 10.0 Å². The van der Waals surface area contributed by atoms with Crippen molar-refractivity contribution in [3.8, 4) is 6.07 Å². The first-order chi connectivity index (χ1) is 9.41. The molecule has 0 aliphatic carbocycles. The van der Waals surface area contributed by atoms with Crippen LogP contribution in [0.3, 0.4) is 0 Å². The van der Waals surface area contributed by atoms with Crippen LogP contribution in [0.1, 0.15) is 20.3 Å². The first-order valence-electron chi connectivity index (χ1n) is 6.61. The molecule has 1 aromatic rings. The highest BCUT2D eigenvalue weighted by Gasteiger charge is 2.22. The first-order valence-corrected chi connectivity index (χ1v) is 8.05. The molecule has 0 heterocycles. The summed E-state index contributed by atoms with van der Waals surface area (Å²) in [6.45, 7) is 4.81. The average Bonchev–Trinajstić information content (AvgIpc) is 2.45. The van der Waals surface area contributed by atoms with E-state index in [0.717, 1.165) is 18.7 Å². The molecule has 1 atom stereocenters. The van der Waals surface area contributed by atoms with Gasteiger partial charge in [-0.25, -0.2) is 8.42 Å². The predicted molar refractivity (Wildman–Crippen MR) is 79.8 cm³/mol. The van der Waals surface area contributed by atoms with Gasteiger partial charge in [-0.3, -0.25) is 0 Å². The highest BCUT2D eigenvalue weighted by atomic mass is 32.2. The lowest BCUT2D eigenvalue weighted by molar-refractivity contribution is 0.439. The Morgan fingerprint density at radius 1 is 1.35 bits per heavy atom. The van der Waals surface area contributed by atoms with Gasteiger partial charge in [0.25, 0.3) is 0 Å². The molecule has 0 aromatic heterocycles. The van der Waals surface area contributed by atoms with Gasteiger partial charge in [0.15, 0.2) is 0 Å². The van der Waals surface area contributed by atoms with Crippen LogP contribution in [0.2, 0.25) is 0 Å². The second-order valence-corrected chi connectivity index (χ2v) is 6.81. The fourth-order valence-electron chi connectivity index (χ4n) is 1.72. The minimum Gasteiger partial charge on any atom is -0.385 e. The van der Waals surface area contributed by atoms with E-state index < -0.39 is 10.0 Å². The molecule has 1 N–H and O–H groups in total. The Bertz CT molecular complexity index is 561. The van der Waals surface area contributed by atoms with Crippen LogP contribution in [-0.4, -0.2) is 32.9 Å². The molecule has 0 spiro atoms. The molecule has 0 amide bonds. The second kappa shape index (κ2) is 7.27. The summed E-state index contributed by atoms with van der Waals surface area (Å²) in [5.41, 5.74) is 0.902. The van der Waals surface area contributed by atoms with Crippen LogP contribution >= 0.6 is 0 Å². The van der Waals surface area contributed by atoms with E-state index in [1.54, 1.807) is 31.2 Å². The lowest BCUT2D eigenvalue weighted by atomic mass is 10.2. The standard InChI is InChI=1S/C14H21N3O2S/c1-4-9-16-13-5-7-14(8-6-13)20(18,19)17(3)11-12(2)10-15/h5-8,12,16H,4,9,11H2,1-3H3. The van der Waals surface area contributed by atoms with Crippen molar-refractivity contribution in [2.24, 2.45) is 5.92 Å². The Morgan fingerprint density at radius 2 is 1.95 bits per heavy atom. The van der Waals surface area contributed by atoms with Gasteiger partial charge in [-0.2, -0.15) is 9.57 Å². The van der Waals surface area contributed by atoms with E-state index in [9.17, 15) is 8.42 Å². The van der Waals surface area contributed by atoms with Gasteiger partial charge >= 0.3 is 0 Å². The highest BCUT2D eigenvalue weighted by molar-refractivity contribution is 7.89. The normalized spacial score (nSPS) is 12.9. The number of rotatable bonds is 7. The van der Waals surface area contributed by atoms with Gasteiger partial charge in [0.1, 0.15) is 0 Å². The Labute approximate surface area is 121 Å². The van der Waals surface area contributed by atoms with Gasteiger partial charge < -0.3 is 5.32 Å². The van der Waals surface area contributed by atoms with E-state index in [4.69, 9.17) is 5.26 Å². The number of nitrogens with one attached hydrogen (secondary N) is 1. The molecule has 0 fully saturated rings. The molecule has 6 heteroatoms. The molecule has 1 aromatic carbocycles. The van der Waals surface area contributed by atoms with Crippen molar-refractivity contribution in [2.45, 2.75) is 25.2 Å². The van der Waals surface area contributed by atoms with Crippen LogP contribution in [-0.2, 0) is 10.0 Å². The summed E-state index contributed by atoms with van der Waals surface area (Å²) in [7, 11) is -2.03. The number of nitrogens with zero attached hydrogens (tertiary/aromatic N) is 2. The van der Waals surface area contributed by atoms with Gasteiger partial charge in [-0.15, -0.1) is 0 Å². The predicted octanol–water partition coefficient (Wildman–Crippen LogP) is 2.29. The van der Waals surface area contributed by atoms with Crippen molar-refractivity contribution < 1.29 is 8.42 Å². The zero-order chi connectivity index (χ0) is 15.2. The van der Waals surface area contributed by atoms with Crippen LogP contribution in [0, 0.1) is 17.2 Å². The molecule has 0 bridgehead atoms. The monoisotopic (exact) mass is 295 g/mol. The van der Waals surface area contributed by atoms with Crippen molar-refractivity contribution in [1.82, 2.24) is 4.31 Å². The molecular weight excluding hydrogens is 274 g/mol. The van der Waals surface area contributed by atoms with Crippen LogP contribution in [0.15, 0.2) is 29.2 Å². The smallest absolute Gasteiger partial charge is 0.242 e. The van der Waals surface area contributed by atoms with Gasteiger partial charge in [0.05, 0.1) is 16.9 Å². The number of benzene rings is 1. The number of hydrogen-bond donors (Lipinski definition) is 1. The summed E-state index contributed by atoms with van der Waals surface area (Å²) in [4.78, 5) is 0.243. The van der Waals surface area contributed by atoms with E-state index >= 15 is 0 Å². The van der Waals surface area contributed by atoms with Gasteiger partial charge in [-0.05, 0) is 37.6 Å². The third-order valence-electron chi connectivity index (χ3n) is 2.89. The van der Waals surface area contributed by atoms with Gasteiger partial charge in [0, 0.05) is 25.8 Å². The maximum Gasteiger partial charge on any atom is 0.242 e. The molecule has 0 saturated carbocycles. The number of nitriles is 1. The highest BCUT2D eigenvalue weighted by Crippen LogP contribution is 2.18. The van der Waals surface area contributed by atoms with Crippen molar-refractivity contribution >= 4 is 15.7 Å². The van der Waals surface area contributed by atoms with Crippen LogP contribution in [0.5, 0.6) is 0 Å². The lowest BCUT2D eigenvalue weighted by Crippen LogP contribution is -2.30. The zero-order valence-electron chi connectivity index (χ0n) is 12.1. The van der Waals surface area contributed by atoms with Crippen LogP contribution < -0.4 is 5.32 Å². The summed E-state index contributed by atoms with van der Waals surface area (Å²) < 4.78 is 25.8. The van der Waals surface area contributed by atoms with Crippen molar-refractivity contribution in [3.05, 3.63) is 24.3 Å². The molecule has 1 rings (SSSR count). The third kappa shape index (κ3) is 4.22. The molecular formula is C14H21N3O2S. The second-order valence-electron chi connectivity index (χ2n) is 4.77. The molecule has 0 radical (unpaired) electrons. The number of hydrogen-bond acceptors (Lipinski definition) is 4. The minimum atomic E-state index is -3.53. The molecule has 20 heavy (non-hydrogen) atoms. The van der Waals surface area contributed by atoms with E-state index in [-0.39, 0.29) is 17.4 Å². The van der Waals surface area contributed by atoms with E-state index in [1.807, 2.05) is 6.07 Å². The summed E-state index contributed by atoms with van der Waals surface area (Å²) in [5, 5.41) is 12.0. The van der Waals surface area contributed by atoms with Gasteiger partial charge in [-0.1, -0.05) is 6.92 Å². The van der Waals surface area contributed by atoms with Crippen molar-refractivity contribution in [3.63, 3.8) is 0 Å². The summed E-state index contributed by atoms with van der Waals surface area (Å²) in [6.07, 6.45) is 1.01. The lowest BCUT2D eigenvalue weighted by Gasteiger charge is -2.18. The molecule has 0 aliphatic rings. The molecule has 0 aliphatic heterocycles. The molecule has 5 nitrogen and oxygen atoms in total. The zero-order valence-corrected chi connectivity index (χ0v) is 12.9. The molecule has 0 saturated heterocycles. The summed E-state index contributed by atoms with van der Waals surface area (Å²) >= 11 is 0. The van der Waals surface area contributed by atoms with Crippen LogP contribution in [0.25, 0.3) is 0 Å². The Balaban J connectivity index is 2.85. The third-order valence-corrected chi connectivity index (χ3v) is 4.73. The van der Waals surface area contributed by atoms with E-state index in [0.29, 0.717) is 0 Å². The Morgan fingerprint density at radius 3 is 2.45 bits per heavy atom. The summed E-state index contributed by atoms with van der Waals surface area (Å²) in [6, 6.07) is 8.71. The van der Waals surface area contributed by atoms with Crippen LogP contribution in [0.4, 0.5) is 5.69 Å². The largest absolute Gasteiger partial charge is 0.385 e. The quantitative estimate of drug-likeness (QED) is 0.837. The fourth-order valence-corrected chi connectivity index (χ4v) is 2.98. The average molecular weight is 295 g/mol. The topological polar surface area (TPSA) is 73.2 Å². The maximum atomic E-state index is 12.3. The fraction of sp³-hybridized carbons (Fsp3) is 0.500. The van der Waals surface area contributed by atoms with E-state index in [2.05, 4.69) is 12.2 Å². The molecule has 110 valence electrons. The Hall–Kier alpha value is -1.58. The first kappa shape index (κ1) is 16.5. The van der Waals surface area contributed by atoms with Crippen molar-refractivity contribution in [2.75, 3.05) is 25.5 Å². The SMILES string of the molecule is CCCNc1ccc(S(=O)(=O)N(C)CC(C)C#N)cc1. The Kier molecular flexibility index (Phi) is 5.99. The summed E-state index contributed by atoms with van der Waals surface area (Å²) in [5.74, 6) is -0.333. The van der Waals surface area contributed by atoms with E-state index in [1.165, 1.54) is 11.4 Å². The maximum absolute atomic E-state index is 12.3.